The maximum absolute atomic E-state index is 4.50. The third-order valence-corrected chi connectivity index (χ3v) is 3.85. The van der Waals surface area contributed by atoms with E-state index in [9.17, 15) is 0 Å². The van der Waals surface area contributed by atoms with Gasteiger partial charge in [-0.25, -0.2) is 0 Å². The maximum Gasteiger partial charge on any atom is 0.0629 e. The van der Waals surface area contributed by atoms with E-state index in [4.69, 9.17) is 0 Å². The van der Waals surface area contributed by atoms with Crippen LogP contribution in [0, 0.1) is 20.8 Å². The highest BCUT2D eigenvalue weighted by molar-refractivity contribution is 5.28. The van der Waals surface area contributed by atoms with E-state index in [2.05, 4.69) is 48.3 Å². The molecular weight excluding hydrogens is 248 g/mol. The molecule has 0 saturated heterocycles. The third kappa shape index (κ3) is 3.07. The van der Waals surface area contributed by atoms with Crippen molar-refractivity contribution in [2.24, 2.45) is 7.05 Å². The Hall–Kier alpha value is -1.68. The molecule has 1 N–H and O–H groups in total. The zero-order valence-electron chi connectivity index (χ0n) is 13.1. The summed E-state index contributed by atoms with van der Waals surface area (Å²) < 4.78 is 1.96. The van der Waals surface area contributed by atoms with Gasteiger partial charge in [-0.15, -0.1) is 0 Å². The van der Waals surface area contributed by atoms with Crippen LogP contribution in [-0.2, 0) is 13.5 Å². The highest BCUT2D eigenvalue weighted by Gasteiger charge is 2.17. The molecule has 4 heteroatoms. The van der Waals surface area contributed by atoms with E-state index in [0.29, 0.717) is 0 Å². The minimum Gasteiger partial charge on any atom is -0.310 e. The minimum atomic E-state index is 0.287. The largest absolute Gasteiger partial charge is 0.310 e. The van der Waals surface area contributed by atoms with Crippen molar-refractivity contribution in [3.05, 3.63) is 46.5 Å². The van der Waals surface area contributed by atoms with E-state index in [1.807, 2.05) is 24.9 Å². The highest BCUT2D eigenvalue weighted by atomic mass is 15.3. The zero-order valence-corrected chi connectivity index (χ0v) is 13.1. The Balaban J connectivity index is 2.27. The van der Waals surface area contributed by atoms with Crippen LogP contribution in [0.4, 0.5) is 0 Å². The fourth-order valence-electron chi connectivity index (χ4n) is 2.56. The predicted octanol–water partition coefficient (Wildman–Crippen LogP) is 2.63. The molecule has 108 valence electrons. The number of likely N-dealkylation sites (N-methyl/N-ethyl adjacent to an activating group) is 1. The Morgan fingerprint density at radius 1 is 1.25 bits per heavy atom. The summed E-state index contributed by atoms with van der Waals surface area (Å²) in [5, 5.41) is 8.06. The topological polar surface area (TPSA) is 42.7 Å². The molecule has 2 heterocycles. The summed E-state index contributed by atoms with van der Waals surface area (Å²) in [6, 6.07) is 4.52. The average molecular weight is 272 g/mol. The number of hydrogen-bond donors (Lipinski definition) is 1. The van der Waals surface area contributed by atoms with Crippen LogP contribution in [0.5, 0.6) is 0 Å². The van der Waals surface area contributed by atoms with Crippen molar-refractivity contribution in [2.75, 3.05) is 6.54 Å². The number of hydrogen-bond acceptors (Lipinski definition) is 3. The standard InChI is InChI=1S/C16H24N4/c1-6-17-16(14-8-7-11(2)18-10-14)9-15-12(3)19-20(5)13(15)4/h7-8,10,16-17H,6,9H2,1-5H3. The second kappa shape index (κ2) is 6.18. The van der Waals surface area contributed by atoms with Crippen LogP contribution < -0.4 is 5.32 Å². The smallest absolute Gasteiger partial charge is 0.0629 e. The molecule has 0 aliphatic carbocycles. The number of aryl methyl sites for hydroxylation is 3. The summed E-state index contributed by atoms with van der Waals surface area (Å²) in [5.41, 5.74) is 5.98. The van der Waals surface area contributed by atoms with E-state index in [1.54, 1.807) is 0 Å². The van der Waals surface area contributed by atoms with Gasteiger partial charge in [-0.2, -0.15) is 5.10 Å². The predicted molar refractivity (Wildman–Crippen MR) is 81.8 cm³/mol. The molecule has 0 saturated carbocycles. The first-order chi connectivity index (χ1) is 9.52. The van der Waals surface area contributed by atoms with Crippen LogP contribution >= 0.6 is 0 Å². The number of pyridine rings is 1. The lowest BCUT2D eigenvalue weighted by Gasteiger charge is -2.18. The molecule has 2 aromatic rings. The summed E-state index contributed by atoms with van der Waals surface area (Å²) in [5.74, 6) is 0. The summed E-state index contributed by atoms with van der Waals surface area (Å²) in [6.45, 7) is 9.31. The molecule has 20 heavy (non-hydrogen) atoms. The Morgan fingerprint density at radius 2 is 2.00 bits per heavy atom. The van der Waals surface area contributed by atoms with Gasteiger partial charge in [-0.3, -0.25) is 9.67 Å². The zero-order chi connectivity index (χ0) is 14.7. The van der Waals surface area contributed by atoms with E-state index in [1.165, 1.54) is 16.8 Å². The fourth-order valence-corrected chi connectivity index (χ4v) is 2.56. The summed E-state index contributed by atoms with van der Waals surface area (Å²) in [4.78, 5) is 4.41. The van der Waals surface area contributed by atoms with Crippen molar-refractivity contribution < 1.29 is 0 Å². The molecule has 0 spiro atoms. The van der Waals surface area contributed by atoms with Crippen molar-refractivity contribution in [1.82, 2.24) is 20.1 Å². The summed E-state index contributed by atoms with van der Waals surface area (Å²) in [6.07, 6.45) is 2.92. The van der Waals surface area contributed by atoms with Crippen LogP contribution in [0.1, 0.15) is 41.2 Å². The van der Waals surface area contributed by atoms with Crippen molar-refractivity contribution in [2.45, 2.75) is 40.2 Å². The quantitative estimate of drug-likeness (QED) is 0.910. The maximum atomic E-state index is 4.50. The van der Waals surface area contributed by atoms with Gasteiger partial charge < -0.3 is 5.32 Å². The molecule has 1 atom stereocenters. The molecule has 4 nitrogen and oxygen atoms in total. The molecular formula is C16H24N4. The molecule has 0 radical (unpaired) electrons. The number of nitrogens with one attached hydrogen (secondary N) is 1. The van der Waals surface area contributed by atoms with Gasteiger partial charge in [-0.1, -0.05) is 13.0 Å². The number of aromatic nitrogens is 3. The van der Waals surface area contributed by atoms with Crippen molar-refractivity contribution >= 4 is 0 Å². The molecule has 2 rings (SSSR count). The lowest BCUT2D eigenvalue weighted by molar-refractivity contribution is 0.545. The molecule has 0 aliphatic heterocycles. The van der Waals surface area contributed by atoms with E-state index < -0.39 is 0 Å². The van der Waals surface area contributed by atoms with Crippen molar-refractivity contribution in [1.29, 1.82) is 0 Å². The van der Waals surface area contributed by atoms with E-state index in [0.717, 1.165) is 24.4 Å². The van der Waals surface area contributed by atoms with Gasteiger partial charge >= 0.3 is 0 Å². The van der Waals surface area contributed by atoms with Crippen LogP contribution in [0.15, 0.2) is 18.3 Å². The molecule has 0 aliphatic rings. The van der Waals surface area contributed by atoms with Gasteiger partial charge in [-0.05, 0) is 50.9 Å². The van der Waals surface area contributed by atoms with Crippen LogP contribution in [0.25, 0.3) is 0 Å². The van der Waals surface area contributed by atoms with Gasteiger partial charge in [0.2, 0.25) is 0 Å². The van der Waals surface area contributed by atoms with E-state index in [-0.39, 0.29) is 6.04 Å². The Bertz CT molecular complexity index is 569. The van der Waals surface area contributed by atoms with Crippen molar-refractivity contribution in [3.63, 3.8) is 0 Å². The third-order valence-electron chi connectivity index (χ3n) is 3.85. The summed E-state index contributed by atoms with van der Waals surface area (Å²) >= 11 is 0. The lowest BCUT2D eigenvalue weighted by Crippen LogP contribution is -2.23. The molecule has 0 bridgehead atoms. The molecule has 0 fully saturated rings. The molecule has 0 aromatic carbocycles. The van der Waals surface area contributed by atoms with Crippen LogP contribution in [0.3, 0.4) is 0 Å². The fraction of sp³-hybridized carbons (Fsp3) is 0.500. The van der Waals surface area contributed by atoms with Crippen LogP contribution in [0.2, 0.25) is 0 Å². The highest BCUT2D eigenvalue weighted by Crippen LogP contribution is 2.22. The summed E-state index contributed by atoms with van der Waals surface area (Å²) in [7, 11) is 2.00. The van der Waals surface area contributed by atoms with Crippen molar-refractivity contribution in [3.8, 4) is 0 Å². The van der Waals surface area contributed by atoms with Gasteiger partial charge in [0, 0.05) is 30.7 Å². The molecule has 2 aromatic heterocycles. The molecule has 0 amide bonds. The number of nitrogens with zero attached hydrogens (tertiary/aromatic N) is 3. The van der Waals surface area contributed by atoms with Crippen LogP contribution in [-0.4, -0.2) is 21.3 Å². The van der Waals surface area contributed by atoms with Gasteiger partial charge in [0.05, 0.1) is 5.69 Å². The van der Waals surface area contributed by atoms with E-state index >= 15 is 0 Å². The SMILES string of the molecule is CCNC(Cc1c(C)nn(C)c1C)c1ccc(C)nc1. The minimum absolute atomic E-state index is 0.287. The average Bonchev–Trinajstić information content (AvgIpc) is 2.65. The van der Waals surface area contributed by atoms with Gasteiger partial charge in [0.1, 0.15) is 0 Å². The monoisotopic (exact) mass is 272 g/mol. The Morgan fingerprint density at radius 3 is 2.50 bits per heavy atom. The normalized spacial score (nSPS) is 12.7. The first-order valence-electron chi connectivity index (χ1n) is 7.18. The Labute approximate surface area is 121 Å². The Kier molecular flexibility index (Phi) is 4.55. The number of rotatable bonds is 5. The van der Waals surface area contributed by atoms with Gasteiger partial charge in [0.15, 0.2) is 0 Å². The lowest BCUT2D eigenvalue weighted by atomic mass is 9.98. The first kappa shape index (κ1) is 14.7. The van der Waals surface area contributed by atoms with Gasteiger partial charge in [0.25, 0.3) is 0 Å². The second-order valence-corrected chi connectivity index (χ2v) is 5.32. The molecule has 1 unspecified atom stereocenters. The second-order valence-electron chi connectivity index (χ2n) is 5.32. The first-order valence-corrected chi connectivity index (χ1v) is 7.18.